The largest absolute Gasteiger partial charge is 0.492 e. The molecular weight excluding hydrogens is 453 g/mol. The number of esters is 1. The number of nitrogen functional groups attached to an aromatic ring is 1. The first-order valence-electron chi connectivity index (χ1n) is 10.7. The van der Waals surface area contributed by atoms with Crippen LogP contribution in [0.5, 0.6) is 11.5 Å². The number of nitrogens with one attached hydrogen (secondary N) is 2. The first-order valence-corrected chi connectivity index (χ1v) is 10.7. The van der Waals surface area contributed by atoms with Crippen LogP contribution in [0.1, 0.15) is 35.2 Å². The average molecular weight is 478 g/mol. The molecule has 4 N–H and O–H groups in total. The predicted molar refractivity (Wildman–Crippen MR) is 119 cm³/mol. The number of benzene rings is 2. The Labute approximate surface area is 194 Å². The number of nitrogens with two attached hydrogens (primary N) is 1. The summed E-state index contributed by atoms with van der Waals surface area (Å²) in [5.41, 5.74) is 6.30. The summed E-state index contributed by atoms with van der Waals surface area (Å²) in [7, 11) is 0. The van der Waals surface area contributed by atoms with Gasteiger partial charge in [0.1, 0.15) is 23.9 Å². The lowest BCUT2D eigenvalue weighted by molar-refractivity contribution is -0.189. The Hall–Kier alpha value is -3.76. The van der Waals surface area contributed by atoms with Crippen molar-refractivity contribution in [2.45, 2.75) is 25.4 Å². The van der Waals surface area contributed by atoms with Crippen molar-refractivity contribution in [2.24, 2.45) is 5.73 Å². The second-order valence-corrected chi connectivity index (χ2v) is 7.66. The minimum atomic E-state index is -5.20. The van der Waals surface area contributed by atoms with Crippen LogP contribution in [0.4, 0.5) is 18.9 Å². The summed E-state index contributed by atoms with van der Waals surface area (Å²) in [6, 6.07) is 10.8. The Bertz CT molecular complexity index is 1050. The number of amidine groups is 1. The molecule has 182 valence electrons. The molecule has 1 heterocycles. The fourth-order valence-corrected chi connectivity index (χ4v) is 3.47. The average Bonchev–Trinajstić information content (AvgIpc) is 2.81. The minimum Gasteiger partial charge on any atom is -0.492 e. The lowest BCUT2D eigenvalue weighted by Crippen LogP contribution is -2.32. The van der Waals surface area contributed by atoms with Crippen LogP contribution in [0.25, 0.3) is 0 Å². The van der Waals surface area contributed by atoms with E-state index in [0.717, 1.165) is 32.4 Å². The van der Waals surface area contributed by atoms with Crippen molar-refractivity contribution >= 4 is 23.4 Å². The number of anilines is 1. The maximum atomic E-state index is 12.8. The Kier molecular flexibility index (Phi) is 7.98. The molecule has 0 aromatic heterocycles. The smallest absolute Gasteiger partial charge is 0.491 e. The maximum absolute atomic E-state index is 12.8. The molecule has 0 spiro atoms. The van der Waals surface area contributed by atoms with Crippen molar-refractivity contribution in [1.82, 2.24) is 5.32 Å². The van der Waals surface area contributed by atoms with Gasteiger partial charge in [0.05, 0.1) is 12.1 Å². The Balaban J connectivity index is 1.68. The van der Waals surface area contributed by atoms with Crippen LogP contribution in [0, 0.1) is 5.41 Å². The van der Waals surface area contributed by atoms with Crippen LogP contribution in [0.15, 0.2) is 42.5 Å². The zero-order valence-electron chi connectivity index (χ0n) is 18.3. The number of ether oxygens (including phenoxy) is 2. The van der Waals surface area contributed by atoms with Gasteiger partial charge in [-0.3, -0.25) is 10.2 Å². The number of rotatable bonds is 8. The number of amides is 1. The third-order valence-electron chi connectivity index (χ3n) is 5.17. The highest BCUT2D eigenvalue weighted by Gasteiger charge is 2.42. The topological polar surface area (TPSA) is 118 Å². The molecule has 0 radical (unpaired) electrons. The molecule has 1 amide bonds. The summed E-state index contributed by atoms with van der Waals surface area (Å²) in [5.74, 6) is -3.25. The lowest BCUT2D eigenvalue weighted by atomic mass is 10.1. The normalized spacial score (nSPS) is 13.8. The summed E-state index contributed by atoms with van der Waals surface area (Å²) < 4.78 is 48.4. The summed E-state index contributed by atoms with van der Waals surface area (Å²) in [5, 5.41) is 9.98. The van der Waals surface area contributed by atoms with Crippen molar-refractivity contribution in [2.75, 3.05) is 31.1 Å². The molecule has 2 aromatic carbocycles. The van der Waals surface area contributed by atoms with Crippen LogP contribution < -0.4 is 25.4 Å². The molecule has 11 heteroatoms. The third-order valence-corrected chi connectivity index (χ3v) is 5.17. The van der Waals surface area contributed by atoms with Crippen molar-refractivity contribution in [3.63, 3.8) is 0 Å². The van der Waals surface area contributed by atoms with Crippen molar-refractivity contribution < 1.29 is 32.2 Å². The van der Waals surface area contributed by atoms with E-state index in [1.807, 2.05) is 4.90 Å². The number of halogens is 3. The van der Waals surface area contributed by atoms with E-state index >= 15 is 0 Å². The molecule has 0 bridgehead atoms. The van der Waals surface area contributed by atoms with Gasteiger partial charge >= 0.3 is 12.1 Å². The molecule has 34 heavy (non-hydrogen) atoms. The van der Waals surface area contributed by atoms with E-state index in [-0.39, 0.29) is 24.6 Å². The molecule has 1 saturated heterocycles. The highest BCUT2D eigenvalue weighted by Crippen LogP contribution is 2.30. The van der Waals surface area contributed by atoms with Crippen LogP contribution in [-0.4, -0.2) is 50.1 Å². The van der Waals surface area contributed by atoms with Crippen molar-refractivity contribution in [3.05, 3.63) is 53.6 Å². The summed E-state index contributed by atoms with van der Waals surface area (Å²) >= 11 is 0. The van der Waals surface area contributed by atoms with E-state index < -0.39 is 23.8 Å². The quantitative estimate of drug-likeness (QED) is 0.176. The van der Waals surface area contributed by atoms with Crippen LogP contribution in [0.3, 0.4) is 0 Å². The first-order chi connectivity index (χ1) is 16.1. The molecule has 3 rings (SSSR count). The third kappa shape index (κ3) is 6.63. The number of carbonyl (C=O) groups excluding carboxylic acids is 2. The Morgan fingerprint density at radius 1 is 1.09 bits per heavy atom. The monoisotopic (exact) mass is 478 g/mol. The van der Waals surface area contributed by atoms with Gasteiger partial charge in [0.25, 0.3) is 5.91 Å². The zero-order valence-corrected chi connectivity index (χ0v) is 18.3. The molecule has 1 fully saturated rings. The number of hydrogen-bond donors (Lipinski definition) is 3. The zero-order chi connectivity index (χ0) is 24.7. The SMILES string of the molecule is N=C(N)c1cccc(OCCNC(=O)c2ccc(N3CCCCC3)cc2OC(=O)C(F)(F)F)c1. The van der Waals surface area contributed by atoms with E-state index in [0.29, 0.717) is 17.0 Å². The molecule has 1 aliphatic rings. The summed E-state index contributed by atoms with van der Waals surface area (Å²) in [6.45, 7) is 1.53. The molecule has 2 aromatic rings. The van der Waals surface area contributed by atoms with Gasteiger partial charge in [-0.25, -0.2) is 4.79 Å². The van der Waals surface area contributed by atoms with Gasteiger partial charge in [-0.05, 0) is 43.5 Å². The van der Waals surface area contributed by atoms with Gasteiger partial charge in [0.2, 0.25) is 0 Å². The summed E-state index contributed by atoms with van der Waals surface area (Å²) in [4.78, 5) is 26.1. The lowest BCUT2D eigenvalue weighted by Gasteiger charge is -2.29. The van der Waals surface area contributed by atoms with E-state index in [4.69, 9.17) is 15.9 Å². The summed E-state index contributed by atoms with van der Waals surface area (Å²) in [6.07, 6.45) is -2.25. The van der Waals surface area contributed by atoms with Crippen LogP contribution >= 0.6 is 0 Å². The highest BCUT2D eigenvalue weighted by atomic mass is 19.4. The Morgan fingerprint density at radius 3 is 2.50 bits per heavy atom. The fraction of sp³-hybridized carbons (Fsp3) is 0.348. The van der Waals surface area contributed by atoms with Crippen LogP contribution in [0.2, 0.25) is 0 Å². The van der Waals surface area contributed by atoms with Crippen molar-refractivity contribution in [3.8, 4) is 11.5 Å². The van der Waals surface area contributed by atoms with Crippen LogP contribution in [-0.2, 0) is 4.79 Å². The molecule has 0 saturated carbocycles. The number of nitrogens with zero attached hydrogens (tertiary/aromatic N) is 1. The predicted octanol–water partition coefficient (Wildman–Crippen LogP) is 3.24. The standard InChI is InChI=1S/C23H25F3N4O4/c24-23(25,26)22(32)34-19-14-16(30-10-2-1-3-11-30)7-8-18(19)21(31)29-9-12-33-17-6-4-5-15(13-17)20(27)28/h4-8,13-14H,1-3,9-12H2,(H3,27,28)(H,29,31). The minimum absolute atomic E-state index is 0.0314. The molecule has 1 aliphatic heterocycles. The highest BCUT2D eigenvalue weighted by molar-refractivity contribution is 5.98. The molecule has 0 aliphatic carbocycles. The number of piperidine rings is 1. The fourth-order valence-electron chi connectivity index (χ4n) is 3.47. The maximum Gasteiger partial charge on any atom is 0.491 e. The van der Waals surface area contributed by atoms with E-state index in [9.17, 15) is 22.8 Å². The van der Waals surface area contributed by atoms with Gasteiger partial charge < -0.3 is 25.4 Å². The first kappa shape index (κ1) is 24.9. The molecule has 0 unspecified atom stereocenters. The van der Waals surface area contributed by atoms with Gasteiger partial charge in [0, 0.05) is 30.4 Å². The molecule has 8 nitrogen and oxygen atoms in total. The van der Waals surface area contributed by atoms with Gasteiger partial charge in [-0.1, -0.05) is 12.1 Å². The second-order valence-electron chi connectivity index (χ2n) is 7.66. The number of carbonyl (C=O) groups is 2. The molecular formula is C23H25F3N4O4. The second kappa shape index (κ2) is 10.9. The van der Waals surface area contributed by atoms with E-state index in [1.165, 1.54) is 12.1 Å². The number of alkyl halides is 3. The van der Waals surface area contributed by atoms with Gasteiger partial charge in [-0.2, -0.15) is 13.2 Å². The molecule has 0 atom stereocenters. The van der Waals surface area contributed by atoms with E-state index in [1.54, 1.807) is 30.3 Å². The van der Waals surface area contributed by atoms with Gasteiger partial charge in [0.15, 0.2) is 0 Å². The Morgan fingerprint density at radius 2 is 1.82 bits per heavy atom. The number of hydrogen-bond acceptors (Lipinski definition) is 6. The van der Waals surface area contributed by atoms with E-state index in [2.05, 4.69) is 10.1 Å². The van der Waals surface area contributed by atoms with Crippen molar-refractivity contribution in [1.29, 1.82) is 5.41 Å². The van der Waals surface area contributed by atoms with Gasteiger partial charge in [-0.15, -0.1) is 0 Å².